The Hall–Kier alpha value is -3.34. The zero-order valence-corrected chi connectivity index (χ0v) is 18.5. The van der Waals surface area contributed by atoms with Gasteiger partial charge in [-0.3, -0.25) is 19.3 Å². The molecule has 0 atom stereocenters. The summed E-state index contributed by atoms with van der Waals surface area (Å²) in [5.41, 5.74) is 0.112. The van der Waals surface area contributed by atoms with Crippen molar-refractivity contribution < 1.29 is 23.1 Å². The second-order valence-electron chi connectivity index (χ2n) is 6.38. The number of sulfonamides is 1. The van der Waals surface area contributed by atoms with E-state index in [2.05, 4.69) is 20.3 Å². The minimum atomic E-state index is -4.03. The van der Waals surface area contributed by atoms with Crippen LogP contribution in [0.4, 0.5) is 11.4 Å². The van der Waals surface area contributed by atoms with Gasteiger partial charge in [-0.2, -0.15) is 0 Å². The lowest BCUT2D eigenvalue weighted by Crippen LogP contribution is -2.33. The Labute approximate surface area is 193 Å². The Morgan fingerprint density at radius 2 is 1.75 bits per heavy atom. The number of aromatic nitrogens is 1. The SMILES string of the molecule is O=C(CNC(=O)c1cc(Cl)ccn1)Nc1cc(S(=O)(=O)Nc2cccc(Cl)c2)ccc1O. The van der Waals surface area contributed by atoms with Gasteiger partial charge in [-0.05, 0) is 48.5 Å². The van der Waals surface area contributed by atoms with Crippen molar-refractivity contribution in [3.63, 3.8) is 0 Å². The zero-order valence-electron chi connectivity index (χ0n) is 16.2. The summed E-state index contributed by atoms with van der Waals surface area (Å²) in [5.74, 6) is -1.69. The summed E-state index contributed by atoms with van der Waals surface area (Å²) < 4.78 is 27.6. The molecule has 3 rings (SSSR count). The van der Waals surface area contributed by atoms with Gasteiger partial charge in [0.15, 0.2) is 0 Å². The smallest absolute Gasteiger partial charge is 0.270 e. The lowest BCUT2D eigenvalue weighted by Gasteiger charge is -2.12. The molecule has 1 heterocycles. The van der Waals surface area contributed by atoms with E-state index in [1.165, 1.54) is 36.5 Å². The number of carbonyl (C=O) groups excluding carboxylic acids is 2. The molecule has 0 fully saturated rings. The van der Waals surface area contributed by atoms with E-state index in [1.54, 1.807) is 12.1 Å². The van der Waals surface area contributed by atoms with Crippen LogP contribution >= 0.6 is 23.2 Å². The fourth-order valence-electron chi connectivity index (χ4n) is 2.52. The molecular weight excluding hydrogens is 479 g/mol. The van der Waals surface area contributed by atoms with E-state index >= 15 is 0 Å². The van der Waals surface area contributed by atoms with Gasteiger partial charge in [-0.15, -0.1) is 0 Å². The summed E-state index contributed by atoms with van der Waals surface area (Å²) in [7, 11) is -4.03. The quantitative estimate of drug-likeness (QED) is 0.372. The largest absolute Gasteiger partial charge is 0.506 e. The van der Waals surface area contributed by atoms with Crippen molar-refractivity contribution in [2.75, 3.05) is 16.6 Å². The van der Waals surface area contributed by atoms with E-state index in [0.29, 0.717) is 10.0 Å². The van der Waals surface area contributed by atoms with Crippen LogP contribution in [0, 0.1) is 0 Å². The van der Waals surface area contributed by atoms with Gasteiger partial charge in [-0.25, -0.2) is 8.42 Å². The number of hydrogen-bond acceptors (Lipinski definition) is 6. The predicted molar refractivity (Wildman–Crippen MR) is 121 cm³/mol. The first kappa shape index (κ1) is 23.3. The molecule has 32 heavy (non-hydrogen) atoms. The summed E-state index contributed by atoms with van der Waals surface area (Å²) in [6.07, 6.45) is 1.35. The number of phenols is 1. The standard InChI is InChI=1S/C20H16Cl2N4O5S/c21-12-2-1-3-14(8-12)26-32(30,31)15-4-5-18(27)16(10-15)25-19(28)11-24-20(29)17-9-13(22)6-7-23-17/h1-10,26-27H,11H2,(H,24,29)(H,25,28). The minimum absolute atomic E-state index is 0.0216. The van der Waals surface area contributed by atoms with Crippen LogP contribution in [0.25, 0.3) is 0 Å². The number of benzene rings is 2. The number of halogens is 2. The van der Waals surface area contributed by atoms with Crippen molar-refractivity contribution in [3.05, 3.63) is 76.5 Å². The highest BCUT2D eigenvalue weighted by Gasteiger charge is 2.18. The molecule has 0 saturated carbocycles. The molecule has 0 radical (unpaired) electrons. The number of amides is 2. The van der Waals surface area contributed by atoms with Gasteiger partial charge in [-0.1, -0.05) is 29.3 Å². The van der Waals surface area contributed by atoms with Crippen LogP contribution < -0.4 is 15.4 Å². The van der Waals surface area contributed by atoms with E-state index in [4.69, 9.17) is 23.2 Å². The highest BCUT2D eigenvalue weighted by atomic mass is 35.5. The maximum absolute atomic E-state index is 12.6. The van der Waals surface area contributed by atoms with E-state index < -0.39 is 28.4 Å². The average molecular weight is 495 g/mol. The summed E-state index contributed by atoms with van der Waals surface area (Å²) in [6, 6.07) is 12.3. The highest BCUT2D eigenvalue weighted by Crippen LogP contribution is 2.28. The Morgan fingerprint density at radius 1 is 1.00 bits per heavy atom. The molecular formula is C20H16Cl2N4O5S. The van der Waals surface area contributed by atoms with E-state index in [-0.39, 0.29) is 27.7 Å². The van der Waals surface area contributed by atoms with Gasteiger partial charge in [0.25, 0.3) is 15.9 Å². The third-order valence-electron chi connectivity index (χ3n) is 3.99. The second-order valence-corrected chi connectivity index (χ2v) is 8.94. The fourth-order valence-corrected chi connectivity index (χ4v) is 3.95. The zero-order chi connectivity index (χ0) is 23.3. The molecule has 166 valence electrons. The molecule has 12 heteroatoms. The molecule has 2 amide bonds. The summed E-state index contributed by atoms with van der Waals surface area (Å²) in [4.78, 5) is 27.9. The number of rotatable bonds is 7. The van der Waals surface area contributed by atoms with Crippen molar-refractivity contribution in [3.8, 4) is 5.75 Å². The minimum Gasteiger partial charge on any atom is -0.506 e. The Balaban J connectivity index is 1.68. The summed E-state index contributed by atoms with van der Waals surface area (Å²) in [6.45, 7) is -0.454. The molecule has 0 aliphatic heterocycles. The molecule has 3 aromatic rings. The van der Waals surface area contributed by atoms with Crippen LogP contribution in [0.2, 0.25) is 10.0 Å². The first-order valence-electron chi connectivity index (χ1n) is 8.95. The Bertz CT molecular complexity index is 1280. The molecule has 4 N–H and O–H groups in total. The lowest BCUT2D eigenvalue weighted by atomic mass is 10.3. The van der Waals surface area contributed by atoms with Gasteiger partial charge < -0.3 is 15.7 Å². The number of hydrogen-bond donors (Lipinski definition) is 4. The number of nitrogens with zero attached hydrogens (tertiary/aromatic N) is 1. The third kappa shape index (κ3) is 6.10. The van der Waals surface area contributed by atoms with Crippen LogP contribution in [0.15, 0.2) is 65.7 Å². The lowest BCUT2D eigenvalue weighted by molar-refractivity contribution is -0.115. The predicted octanol–water partition coefficient (Wildman–Crippen LogP) is 3.26. The van der Waals surface area contributed by atoms with E-state index in [0.717, 1.165) is 12.1 Å². The summed E-state index contributed by atoms with van der Waals surface area (Å²) >= 11 is 11.7. The number of phenolic OH excluding ortho intramolecular Hbond substituents is 1. The molecule has 0 spiro atoms. The average Bonchev–Trinajstić information content (AvgIpc) is 2.73. The highest BCUT2D eigenvalue weighted by molar-refractivity contribution is 7.92. The van der Waals surface area contributed by atoms with Crippen molar-refractivity contribution in [2.24, 2.45) is 0 Å². The van der Waals surface area contributed by atoms with Crippen molar-refractivity contribution in [1.29, 1.82) is 0 Å². The molecule has 0 unspecified atom stereocenters. The molecule has 0 saturated heterocycles. The van der Waals surface area contributed by atoms with Crippen LogP contribution in [0.1, 0.15) is 10.5 Å². The normalized spacial score (nSPS) is 10.9. The topological polar surface area (TPSA) is 137 Å². The van der Waals surface area contributed by atoms with Crippen LogP contribution in [0.5, 0.6) is 5.75 Å². The van der Waals surface area contributed by atoms with Crippen LogP contribution in [-0.4, -0.2) is 36.9 Å². The van der Waals surface area contributed by atoms with Gasteiger partial charge in [0, 0.05) is 16.2 Å². The van der Waals surface area contributed by atoms with Crippen molar-refractivity contribution >= 4 is 56.4 Å². The number of aromatic hydroxyl groups is 1. The first-order chi connectivity index (χ1) is 15.1. The molecule has 0 aliphatic rings. The van der Waals surface area contributed by atoms with Gasteiger partial charge in [0.05, 0.1) is 22.8 Å². The Kier molecular flexibility index (Phi) is 7.18. The van der Waals surface area contributed by atoms with Gasteiger partial charge >= 0.3 is 0 Å². The number of nitrogens with one attached hydrogen (secondary N) is 3. The molecule has 9 nitrogen and oxygen atoms in total. The molecule has 0 bridgehead atoms. The van der Waals surface area contributed by atoms with Gasteiger partial charge in [0.1, 0.15) is 11.4 Å². The number of anilines is 2. The maximum Gasteiger partial charge on any atom is 0.270 e. The number of carbonyl (C=O) groups is 2. The molecule has 2 aromatic carbocycles. The first-order valence-corrected chi connectivity index (χ1v) is 11.2. The van der Waals surface area contributed by atoms with E-state index in [1.807, 2.05) is 0 Å². The van der Waals surface area contributed by atoms with E-state index in [9.17, 15) is 23.1 Å². The third-order valence-corrected chi connectivity index (χ3v) is 5.84. The second kappa shape index (κ2) is 9.86. The van der Waals surface area contributed by atoms with Crippen molar-refractivity contribution in [1.82, 2.24) is 10.3 Å². The molecule has 0 aliphatic carbocycles. The van der Waals surface area contributed by atoms with Crippen LogP contribution in [0.3, 0.4) is 0 Å². The van der Waals surface area contributed by atoms with Gasteiger partial charge in [0.2, 0.25) is 5.91 Å². The molecule has 1 aromatic heterocycles. The van der Waals surface area contributed by atoms with Crippen LogP contribution in [-0.2, 0) is 14.8 Å². The Morgan fingerprint density at radius 3 is 2.47 bits per heavy atom. The number of pyridine rings is 1. The maximum atomic E-state index is 12.6. The fraction of sp³-hybridized carbons (Fsp3) is 0.0500. The monoisotopic (exact) mass is 494 g/mol. The van der Waals surface area contributed by atoms with Crippen molar-refractivity contribution in [2.45, 2.75) is 4.90 Å². The summed E-state index contributed by atoms with van der Waals surface area (Å²) in [5, 5.41) is 15.4.